The summed E-state index contributed by atoms with van der Waals surface area (Å²) in [5, 5.41) is 4.01. The molecule has 3 aliphatic rings. The van der Waals surface area contributed by atoms with E-state index in [1.165, 1.54) is 0 Å². The Labute approximate surface area is 167 Å². The molecule has 29 heavy (non-hydrogen) atoms. The summed E-state index contributed by atoms with van der Waals surface area (Å²) in [6.07, 6.45) is 0.122. The van der Waals surface area contributed by atoms with Gasteiger partial charge in [-0.15, -0.1) is 0 Å². The number of unbranched alkanes of at least 4 members (excludes halogenated alkanes) is 1. The van der Waals surface area contributed by atoms with Crippen LogP contribution in [0.5, 0.6) is 0 Å². The van der Waals surface area contributed by atoms with Crippen molar-refractivity contribution in [3.8, 4) is 0 Å². The van der Waals surface area contributed by atoms with Crippen molar-refractivity contribution in [1.29, 1.82) is 0 Å². The number of alkyl halides is 3. The van der Waals surface area contributed by atoms with Gasteiger partial charge in [-0.2, -0.15) is 18.3 Å². The molecule has 162 valence electrons. The fraction of sp³-hybridized carbons (Fsp3) is 0.750. The van der Waals surface area contributed by atoms with Gasteiger partial charge in [-0.05, 0) is 51.9 Å². The lowest BCUT2D eigenvalue weighted by Gasteiger charge is -2.52. The van der Waals surface area contributed by atoms with Crippen LogP contribution in [0.2, 0.25) is 0 Å². The van der Waals surface area contributed by atoms with E-state index in [1.807, 2.05) is 6.92 Å². The van der Waals surface area contributed by atoms with E-state index in [4.69, 9.17) is 9.47 Å². The summed E-state index contributed by atoms with van der Waals surface area (Å²) in [5.41, 5.74) is -3.05. The minimum atomic E-state index is -4.74. The van der Waals surface area contributed by atoms with E-state index in [1.54, 1.807) is 6.92 Å². The summed E-state index contributed by atoms with van der Waals surface area (Å²) >= 11 is 0. The highest BCUT2D eigenvalue weighted by molar-refractivity contribution is 5.90. The number of ether oxygens (including phenoxy) is 2. The lowest BCUT2D eigenvalue weighted by Crippen LogP contribution is -2.52. The van der Waals surface area contributed by atoms with E-state index in [9.17, 15) is 22.8 Å². The Kier molecular flexibility index (Phi) is 5.96. The largest absolute Gasteiger partial charge is 0.466 e. The van der Waals surface area contributed by atoms with Gasteiger partial charge in [-0.1, -0.05) is 13.3 Å². The van der Waals surface area contributed by atoms with Gasteiger partial charge in [0, 0.05) is 0 Å². The van der Waals surface area contributed by atoms with Gasteiger partial charge in [0.25, 0.3) is 0 Å². The molecule has 4 rings (SSSR count). The zero-order chi connectivity index (χ0) is 21.3. The van der Waals surface area contributed by atoms with Crippen LogP contribution in [-0.2, 0) is 26.0 Å². The van der Waals surface area contributed by atoms with Crippen LogP contribution in [0.3, 0.4) is 0 Å². The Balaban J connectivity index is 1.89. The van der Waals surface area contributed by atoms with E-state index in [2.05, 4.69) is 5.10 Å². The van der Waals surface area contributed by atoms with E-state index >= 15 is 0 Å². The van der Waals surface area contributed by atoms with Crippen molar-refractivity contribution < 1.29 is 32.2 Å². The molecule has 1 aromatic rings. The molecule has 3 aliphatic carbocycles. The van der Waals surface area contributed by atoms with Gasteiger partial charge in [-0.3, -0.25) is 9.48 Å². The number of esters is 2. The predicted octanol–water partition coefficient (Wildman–Crippen LogP) is 4.47. The fourth-order valence-corrected chi connectivity index (χ4v) is 4.59. The molecule has 0 saturated heterocycles. The maximum absolute atomic E-state index is 13.9. The van der Waals surface area contributed by atoms with Crippen molar-refractivity contribution in [3.63, 3.8) is 0 Å². The Bertz CT molecular complexity index is 748. The molecule has 0 unspecified atom stereocenters. The van der Waals surface area contributed by atoms with Crippen LogP contribution in [0.4, 0.5) is 13.2 Å². The first kappa shape index (κ1) is 21.6. The van der Waals surface area contributed by atoms with Crippen molar-refractivity contribution in [3.05, 3.63) is 17.5 Å². The molecule has 3 fully saturated rings. The molecule has 0 amide bonds. The summed E-state index contributed by atoms with van der Waals surface area (Å²) in [5.74, 6) is -1.26. The third kappa shape index (κ3) is 3.88. The van der Waals surface area contributed by atoms with Crippen molar-refractivity contribution in [2.45, 2.75) is 76.9 Å². The standard InChI is InChI=1S/C20H27F3N2O4/c1-3-5-12-29-16(26)14-13-24-25(15(14)20(21,22)23)19-9-6-18(7-10-19,8-11-19)17(27)28-4-2/h13H,3-12H2,1-2H3. The van der Waals surface area contributed by atoms with E-state index in [0.717, 1.165) is 17.3 Å². The molecule has 0 radical (unpaired) electrons. The van der Waals surface area contributed by atoms with Gasteiger partial charge in [-0.25, -0.2) is 4.79 Å². The Morgan fingerprint density at radius 2 is 1.72 bits per heavy atom. The van der Waals surface area contributed by atoms with Crippen LogP contribution in [0.1, 0.15) is 81.3 Å². The number of rotatable bonds is 7. The van der Waals surface area contributed by atoms with Crippen molar-refractivity contribution >= 4 is 11.9 Å². The number of carbonyl (C=O) groups is 2. The first-order chi connectivity index (χ1) is 13.7. The maximum Gasteiger partial charge on any atom is 0.433 e. The van der Waals surface area contributed by atoms with Gasteiger partial charge in [0.15, 0.2) is 5.69 Å². The average Bonchev–Trinajstić information content (AvgIpc) is 3.16. The van der Waals surface area contributed by atoms with Gasteiger partial charge < -0.3 is 9.47 Å². The second kappa shape index (κ2) is 7.99. The molecule has 9 heteroatoms. The van der Waals surface area contributed by atoms with E-state index < -0.39 is 34.4 Å². The highest BCUT2D eigenvalue weighted by Gasteiger charge is 2.56. The number of carbonyl (C=O) groups excluding carboxylic acids is 2. The van der Waals surface area contributed by atoms with E-state index in [-0.39, 0.29) is 19.2 Å². The molecule has 0 atom stereocenters. The second-order valence-corrected chi connectivity index (χ2v) is 8.03. The Hall–Kier alpha value is -2.06. The molecule has 1 heterocycles. The SMILES string of the molecule is CCCCOC(=O)c1cnn(C23CCC(C(=O)OCC)(CC2)CC3)c1C(F)(F)F. The number of aromatic nitrogens is 2. The molecule has 0 aromatic carbocycles. The van der Waals surface area contributed by atoms with Crippen LogP contribution in [0.15, 0.2) is 6.20 Å². The van der Waals surface area contributed by atoms with Crippen LogP contribution in [-0.4, -0.2) is 34.9 Å². The third-order valence-electron chi connectivity index (χ3n) is 6.35. The molecule has 6 nitrogen and oxygen atoms in total. The van der Waals surface area contributed by atoms with Crippen LogP contribution in [0, 0.1) is 5.41 Å². The summed E-state index contributed by atoms with van der Waals surface area (Å²) in [6, 6.07) is 0. The minimum absolute atomic E-state index is 0.0744. The number of hydrogen-bond acceptors (Lipinski definition) is 5. The van der Waals surface area contributed by atoms with E-state index in [0.29, 0.717) is 44.9 Å². The quantitative estimate of drug-likeness (QED) is 0.484. The minimum Gasteiger partial charge on any atom is -0.466 e. The summed E-state index contributed by atoms with van der Waals surface area (Å²) in [6.45, 7) is 4.00. The molecule has 3 saturated carbocycles. The zero-order valence-electron chi connectivity index (χ0n) is 16.8. The number of fused-ring (bicyclic) bond motifs is 3. The first-order valence-corrected chi connectivity index (χ1v) is 10.2. The second-order valence-electron chi connectivity index (χ2n) is 8.03. The molecule has 1 aromatic heterocycles. The van der Waals surface area contributed by atoms with Crippen molar-refractivity contribution in [2.24, 2.45) is 5.41 Å². The average molecular weight is 416 g/mol. The monoisotopic (exact) mass is 416 g/mol. The molecule has 0 N–H and O–H groups in total. The number of halogens is 3. The van der Waals surface area contributed by atoms with Crippen molar-refractivity contribution in [1.82, 2.24) is 9.78 Å². The van der Waals surface area contributed by atoms with Crippen molar-refractivity contribution in [2.75, 3.05) is 13.2 Å². The van der Waals surface area contributed by atoms with Gasteiger partial charge in [0.2, 0.25) is 0 Å². The molecule has 0 spiro atoms. The molecule has 2 bridgehead atoms. The lowest BCUT2D eigenvalue weighted by molar-refractivity contribution is -0.168. The fourth-order valence-electron chi connectivity index (χ4n) is 4.59. The third-order valence-corrected chi connectivity index (χ3v) is 6.35. The number of nitrogens with zero attached hydrogens (tertiary/aromatic N) is 2. The Morgan fingerprint density at radius 1 is 1.10 bits per heavy atom. The molecule has 0 aliphatic heterocycles. The molecular formula is C20H27F3N2O4. The highest BCUT2D eigenvalue weighted by Crippen LogP contribution is 2.57. The van der Waals surface area contributed by atoms with Crippen LogP contribution < -0.4 is 0 Å². The van der Waals surface area contributed by atoms with Crippen LogP contribution in [0.25, 0.3) is 0 Å². The summed E-state index contributed by atoms with van der Waals surface area (Å²) < 4.78 is 53.0. The summed E-state index contributed by atoms with van der Waals surface area (Å²) in [4.78, 5) is 24.6. The van der Waals surface area contributed by atoms with Gasteiger partial charge in [0.05, 0.1) is 30.4 Å². The topological polar surface area (TPSA) is 70.4 Å². The number of hydrogen-bond donors (Lipinski definition) is 0. The first-order valence-electron chi connectivity index (χ1n) is 10.2. The molecular weight excluding hydrogens is 389 g/mol. The lowest BCUT2D eigenvalue weighted by atomic mass is 9.57. The smallest absolute Gasteiger partial charge is 0.433 e. The zero-order valence-corrected chi connectivity index (χ0v) is 16.8. The summed E-state index contributed by atoms with van der Waals surface area (Å²) in [7, 11) is 0. The van der Waals surface area contributed by atoms with Gasteiger partial charge in [0.1, 0.15) is 5.56 Å². The predicted molar refractivity (Wildman–Crippen MR) is 97.2 cm³/mol. The Morgan fingerprint density at radius 3 is 2.24 bits per heavy atom. The van der Waals surface area contributed by atoms with Crippen LogP contribution >= 0.6 is 0 Å². The van der Waals surface area contributed by atoms with Gasteiger partial charge >= 0.3 is 18.1 Å². The normalized spacial score (nSPS) is 26.4. The maximum atomic E-state index is 13.9. The highest BCUT2D eigenvalue weighted by atomic mass is 19.4.